The summed E-state index contributed by atoms with van der Waals surface area (Å²) in [6.45, 7) is 0.861. The molecular weight excluding hydrogens is 226 g/mol. The molecule has 94 valence electrons. The Hall–Kier alpha value is -1.68. The molecule has 18 heavy (non-hydrogen) atoms. The van der Waals surface area contributed by atoms with Crippen LogP contribution in [0.3, 0.4) is 0 Å². The summed E-state index contributed by atoms with van der Waals surface area (Å²) in [6, 6.07) is 10.5. The highest BCUT2D eigenvalue weighted by atomic mass is 16.5. The highest BCUT2D eigenvalue weighted by molar-refractivity contribution is 5.38. The molecule has 0 bridgehead atoms. The lowest BCUT2D eigenvalue weighted by Gasteiger charge is -2.09. The molecule has 4 heteroatoms. The smallest absolute Gasteiger partial charge is 0.227 e. The van der Waals surface area contributed by atoms with Gasteiger partial charge in [-0.2, -0.15) is 4.98 Å². The maximum atomic E-state index is 5.31. The molecule has 0 unspecified atom stereocenters. The van der Waals surface area contributed by atoms with Gasteiger partial charge in [0.25, 0.3) is 0 Å². The topological polar surface area (TPSA) is 51.0 Å². The fourth-order valence-electron chi connectivity index (χ4n) is 2.31. The first-order valence-electron chi connectivity index (χ1n) is 6.38. The molecule has 0 amide bonds. The van der Waals surface area contributed by atoms with Crippen molar-refractivity contribution in [2.75, 3.05) is 13.6 Å². The van der Waals surface area contributed by atoms with Crippen LogP contribution in [0.15, 0.2) is 34.9 Å². The number of benzene rings is 1. The number of nitrogens with zero attached hydrogens (tertiary/aromatic N) is 2. The van der Waals surface area contributed by atoms with Gasteiger partial charge in [0.15, 0.2) is 5.82 Å². The van der Waals surface area contributed by atoms with Gasteiger partial charge in [-0.3, -0.25) is 0 Å². The van der Waals surface area contributed by atoms with Crippen molar-refractivity contribution >= 4 is 0 Å². The van der Waals surface area contributed by atoms with E-state index in [1.807, 2.05) is 13.1 Å². The summed E-state index contributed by atoms with van der Waals surface area (Å²) in [5.41, 5.74) is 1.31. The molecule has 1 saturated carbocycles. The summed E-state index contributed by atoms with van der Waals surface area (Å²) in [5.74, 6) is 1.57. The average molecular weight is 243 g/mol. The molecule has 0 aliphatic heterocycles. The predicted molar refractivity (Wildman–Crippen MR) is 68.4 cm³/mol. The maximum Gasteiger partial charge on any atom is 0.227 e. The molecule has 0 atom stereocenters. The Labute approximate surface area is 106 Å². The van der Waals surface area contributed by atoms with Gasteiger partial charge in [-0.1, -0.05) is 35.5 Å². The van der Waals surface area contributed by atoms with E-state index in [4.69, 9.17) is 4.52 Å². The van der Waals surface area contributed by atoms with Crippen LogP contribution in [0.2, 0.25) is 0 Å². The third kappa shape index (κ3) is 1.93. The summed E-state index contributed by atoms with van der Waals surface area (Å²) in [6.07, 6.45) is 3.01. The molecule has 1 aromatic carbocycles. The Morgan fingerprint density at radius 2 is 2.06 bits per heavy atom. The van der Waals surface area contributed by atoms with Crippen molar-refractivity contribution in [3.05, 3.63) is 47.6 Å². The minimum absolute atomic E-state index is 0.0165. The fourth-order valence-corrected chi connectivity index (χ4v) is 2.31. The van der Waals surface area contributed by atoms with E-state index >= 15 is 0 Å². The van der Waals surface area contributed by atoms with Crippen LogP contribution in [0, 0.1) is 0 Å². The second-order valence-electron chi connectivity index (χ2n) is 4.81. The summed E-state index contributed by atoms with van der Waals surface area (Å²) in [4.78, 5) is 4.54. The summed E-state index contributed by atoms with van der Waals surface area (Å²) < 4.78 is 5.31. The van der Waals surface area contributed by atoms with E-state index in [1.54, 1.807) is 0 Å². The molecule has 1 aromatic heterocycles. The van der Waals surface area contributed by atoms with Gasteiger partial charge in [0.1, 0.15) is 0 Å². The molecule has 0 saturated heterocycles. The summed E-state index contributed by atoms with van der Waals surface area (Å²) in [5, 5.41) is 7.25. The first-order chi connectivity index (χ1) is 8.85. The van der Waals surface area contributed by atoms with Crippen LogP contribution in [0.5, 0.6) is 0 Å². The van der Waals surface area contributed by atoms with Crippen LogP contribution in [0.1, 0.15) is 30.1 Å². The maximum absolute atomic E-state index is 5.31. The van der Waals surface area contributed by atoms with E-state index in [9.17, 15) is 0 Å². The lowest BCUT2D eigenvalue weighted by molar-refractivity contribution is 0.369. The largest absolute Gasteiger partial charge is 0.339 e. The second-order valence-corrected chi connectivity index (χ2v) is 4.81. The van der Waals surface area contributed by atoms with Crippen molar-refractivity contribution in [3.8, 4) is 0 Å². The number of nitrogens with one attached hydrogen (secondary N) is 1. The van der Waals surface area contributed by atoms with Gasteiger partial charge in [-0.25, -0.2) is 0 Å². The zero-order valence-electron chi connectivity index (χ0n) is 10.5. The van der Waals surface area contributed by atoms with Crippen molar-refractivity contribution in [1.82, 2.24) is 15.5 Å². The van der Waals surface area contributed by atoms with Crippen LogP contribution in [-0.4, -0.2) is 23.7 Å². The first-order valence-corrected chi connectivity index (χ1v) is 6.38. The highest BCUT2D eigenvalue weighted by Crippen LogP contribution is 2.52. The fraction of sp³-hybridized carbons (Fsp3) is 0.429. The van der Waals surface area contributed by atoms with E-state index in [1.165, 1.54) is 5.56 Å². The van der Waals surface area contributed by atoms with Gasteiger partial charge in [-0.05, 0) is 25.5 Å². The number of aromatic nitrogens is 2. The molecule has 1 aliphatic carbocycles. The third-order valence-electron chi connectivity index (χ3n) is 3.56. The van der Waals surface area contributed by atoms with E-state index in [0.29, 0.717) is 0 Å². The monoisotopic (exact) mass is 243 g/mol. The third-order valence-corrected chi connectivity index (χ3v) is 3.56. The van der Waals surface area contributed by atoms with Gasteiger partial charge in [-0.15, -0.1) is 0 Å². The highest BCUT2D eigenvalue weighted by Gasteiger charge is 2.49. The summed E-state index contributed by atoms with van der Waals surface area (Å²) >= 11 is 0. The number of hydrogen-bond acceptors (Lipinski definition) is 4. The van der Waals surface area contributed by atoms with Crippen molar-refractivity contribution < 1.29 is 4.52 Å². The molecular formula is C14H17N3O. The molecule has 1 fully saturated rings. The van der Waals surface area contributed by atoms with E-state index in [0.717, 1.165) is 37.5 Å². The molecule has 0 radical (unpaired) electrons. The van der Waals surface area contributed by atoms with E-state index in [-0.39, 0.29) is 5.41 Å². The molecule has 1 heterocycles. The average Bonchev–Trinajstić information content (AvgIpc) is 3.10. The quantitative estimate of drug-likeness (QED) is 0.871. The van der Waals surface area contributed by atoms with Crippen LogP contribution in [0.4, 0.5) is 0 Å². The Kier molecular flexibility index (Phi) is 2.88. The van der Waals surface area contributed by atoms with Gasteiger partial charge < -0.3 is 9.84 Å². The molecule has 1 N–H and O–H groups in total. The molecule has 2 aromatic rings. The predicted octanol–water partition coefficient (Wildman–Crippen LogP) is 1.91. The van der Waals surface area contributed by atoms with Crippen LogP contribution < -0.4 is 5.32 Å². The van der Waals surface area contributed by atoms with Gasteiger partial charge in [0, 0.05) is 13.0 Å². The second kappa shape index (κ2) is 4.53. The zero-order chi connectivity index (χ0) is 12.4. The summed E-state index contributed by atoms with van der Waals surface area (Å²) in [7, 11) is 1.92. The van der Waals surface area contributed by atoms with Crippen LogP contribution in [-0.2, 0) is 11.8 Å². The van der Waals surface area contributed by atoms with Crippen LogP contribution in [0.25, 0.3) is 0 Å². The first kappa shape index (κ1) is 11.4. The molecule has 3 rings (SSSR count). The normalized spacial score (nSPS) is 16.7. The Morgan fingerprint density at radius 1 is 1.28 bits per heavy atom. The molecule has 1 aliphatic rings. The van der Waals surface area contributed by atoms with Crippen molar-refractivity contribution in [3.63, 3.8) is 0 Å². The number of hydrogen-bond donors (Lipinski definition) is 1. The van der Waals surface area contributed by atoms with Gasteiger partial charge in [0.05, 0.1) is 5.41 Å². The van der Waals surface area contributed by atoms with E-state index in [2.05, 4.69) is 39.7 Å². The van der Waals surface area contributed by atoms with Crippen molar-refractivity contribution in [1.29, 1.82) is 0 Å². The Morgan fingerprint density at radius 3 is 2.72 bits per heavy atom. The Balaban J connectivity index is 1.84. The standard InChI is InChI=1S/C14H17N3O/c1-15-10-7-12-16-13(17-18-12)14(8-9-14)11-5-3-2-4-6-11/h2-6,15H,7-10H2,1H3. The SMILES string of the molecule is CNCCc1nc(C2(c3ccccc3)CC2)no1. The lowest BCUT2D eigenvalue weighted by Crippen LogP contribution is -2.12. The van der Waals surface area contributed by atoms with Crippen LogP contribution >= 0.6 is 0 Å². The number of likely N-dealkylation sites (N-methyl/N-ethyl adjacent to an activating group) is 1. The van der Waals surface area contributed by atoms with Crippen molar-refractivity contribution in [2.24, 2.45) is 0 Å². The minimum atomic E-state index is 0.0165. The number of rotatable bonds is 5. The molecule has 4 nitrogen and oxygen atoms in total. The zero-order valence-corrected chi connectivity index (χ0v) is 10.5. The minimum Gasteiger partial charge on any atom is -0.339 e. The van der Waals surface area contributed by atoms with Gasteiger partial charge >= 0.3 is 0 Å². The van der Waals surface area contributed by atoms with Gasteiger partial charge in [0.2, 0.25) is 5.89 Å². The van der Waals surface area contributed by atoms with Crippen molar-refractivity contribution in [2.45, 2.75) is 24.7 Å². The Bertz CT molecular complexity index is 517. The molecule has 0 spiro atoms. The lowest BCUT2D eigenvalue weighted by atomic mass is 9.95. The van der Waals surface area contributed by atoms with E-state index < -0.39 is 0 Å².